The number of rotatable bonds is 8. The summed E-state index contributed by atoms with van der Waals surface area (Å²) in [7, 11) is 0. The fraction of sp³-hybridized carbons (Fsp3) is 0.440. The Morgan fingerprint density at radius 1 is 1.00 bits per heavy atom. The molecule has 0 bridgehead atoms. The van der Waals surface area contributed by atoms with E-state index in [0.717, 1.165) is 50.1 Å². The van der Waals surface area contributed by atoms with Crippen LogP contribution in [0.2, 0.25) is 0 Å². The van der Waals surface area contributed by atoms with Crippen molar-refractivity contribution in [2.45, 2.75) is 59.9 Å². The van der Waals surface area contributed by atoms with Gasteiger partial charge < -0.3 is 9.88 Å². The molecule has 0 unspecified atom stereocenters. The van der Waals surface area contributed by atoms with Crippen LogP contribution in [-0.2, 0) is 17.8 Å². The van der Waals surface area contributed by atoms with Gasteiger partial charge in [0, 0.05) is 24.9 Å². The van der Waals surface area contributed by atoms with Gasteiger partial charge in [-0.2, -0.15) is 0 Å². The molecule has 4 heteroatoms. The largest absolute Gasteiger partial charge is 0.356 e. The van der Waals surface area contributed by atoms with Crippen molar-refractivity contribution in [3.05, 3.63) is 65.5 Å². The second-order valence-electron chi connectivity index (χ2n) is 8.91. The van der Waals surface area contributed by atoms with Gasteiger partial charge in [-0.05, 0) is 37.5 Å². The van der Waals surface area contributed by atoms with E-state index < -0.39 is 0 Å². The normalized spacial score (nSPS) is 11.7. The number of aromatic nitrogens is 2. The lowest BCUT2D eigenvalue weighted by atomic mass is 9.96. The number of amides is 1. The van der Waals surface area contributed by atoms with Crippen molar-refractivity contribution >= 4 is 16.9 Å². The predicted octanol–water partition coefficient (Wildman–Crippen LogP) is 5.27. The zero-order valence-corrected chi connectivity index (χ0v) is 18.2. The summed E-state index contributed by atoms with van der Waals surface area (Å²) in [4.78, 5) is 16.8. The molecule has 4 nitrogen and oxygen atoms in total. The third kappa shape index (κ3) is 5.69. The van der Waals surface area contributed by atoms with E-state index in [1.165, 1.54) is 16.6 Å². The first kappa shape index (κ1) is 21.1. The van der Waals surface area contributed by atoms with E-state index in [4.69, 9.17) is 4.98 Å². The number of carbonyl (C=O) groups is 1. The number of aryl methyl sites for hydroxylation is 2. The maximum Gasteiger partial charge on any atom is 0.225 e. The Balaban J connectivity index is 1.60. The van der Waals surface area contributed by atoms with Gasteiger partial charge in [-0.25, -0.2) is 4.98 Å². The first-order valence-electron chi connectivity index (χ1n) is 10.6. The van der Waals surface area contributed by atoms with Gasteiger partial charge in [-0.1, -0.05) is 69.2 Å². The predicted molar refractivity (Wildman–Crippen MR) is 120 cm³/mol. The Hall–Kier alpha value is -2.62. The molecule has 1 N–H and O–H groups in total. The molecule has 29 heavy (non-hydrogen) atoms. The molecule has 0 aliphatic carbocycles. The summed E-state index contributed by atoms with van der Waals surface area (Å²) in [5.74, 6) is 1.27. The molecule has 0 spiro atoms. The monoisotopic (exact) mass is 391 g/mol. The molecule has 0 aliphatic heterocycles. The third-order valence-electron chi connectivity index (χ3n) is 5.24. The second-order valence-corrected chi connectivity index (χ2v) is 8.91. The van der Waals surface area contributed by atoms with Crippen LogP contribution < -0.4 is 5.32 Å². The Kier molecular flexibility index (Phi) is 6.73. The number of benzene rings is 2. The Morgan fingerprint density at radius 2 is 1.72 bits per heavy atom. The first-order valence-corrected chi connectivity index (χ1v) is 10.6. The summed E-state index contributed by atoms with van der Waals surface area (Å²) >= 11 is 0. The van der Waals surface area contributed by atoms with Crippen LogP contribution in [0.4, 0.5) is 0 Å². The zero-order valence-electron chi connectivity index (χ0n) is 18.2. The van der Waals surface area contributed by atoms with Gasteiger partial charge in [0.05, 0.1) is 11.0 Å². The molecule has 1 heterocycles. The number of carbonyl (C=O) groups excluding carboxylic acids is 1. The van der Waals surface area contributed by atoms with Crippen LogP contribution in [0.1, 0.15) is 57.0 Å². The fourth-order valence-corrected chi connectivity index (χ4v) is 3.42. The van der Waals surface area contributed by atoms with E-state index in [9.17, 15) is 4.79 Å². The van der Waals surface area contributed by atoms with Crippen LogP contribution in [0, 0.1) is 12.3 Å². The zero-order chi connectivity index (χ0) is 20.9. The standard InChI is InChI=1S/C25H33N3O/c1-19-13-15-20(16-14-19)18-28-22-11-8-7-10-21(22)27-23(28)12-6-5-9-17-26-24(29)25(2,3)4/h7-8,10-11,13-16H,5-6,9,12,17-18H2,1-4H3,(H,26,29). The molecule has 0 atom stereocenters. The number of unbranched alkanes of at least 4 members (excludes halogenated alkanes) is 2. The molecule has 3 rings (SSSR count). The molecule has 3 aromatic rings. The quantitative estimate of drug-likeness (QED) is 0.532. The van der Waals surface area contributed by atoms with Gasteiger partial charge in [0.15, 0.2) is 0 Å². The SMILES string of the molecule is Cc1ccc(Cn2c(CCCCCNC(=O)C(C)(C)C)nc3ccccc32)cc1. The molecule has 0 radical (unpaired) electrons. The van der Waals surface area contributed by atoms with E-state index in [0.29, 0.717) is 0 Å². The average Bonchev–Trinajstić information content (AvgIpc) is 3.03. The summed E-state index contributed by atoms with van der Waals surface area (Å²) in [6.45, 7) is 9.54. The molecule has 0 saturated heterocycles. The molecule has 0 fully saturated rings. The summed E-state index contributed by atoms with van der Waals surface area (Å²) < 4.78 is 2.35. The van der Waals surface area contributed by atoms with Crippen molar-refractivity contribution in [1.29, 1.82) is 0 Å². The topological polar surface area (TPSA) is 46.9 Å². The lowest BCUT2D eigenvalue weighted by molar-refractivity contribution is -0.128. The highest BCUT2D eigenvalue weighted by Crippen LogP contribution is 2.20. The van der Waals surface area contributed by atoms with Crippen molar-refractivity contribution in [2.24, 2.45) is 5.41 Å². The number of hydrogen-bond acceptors (Lipinski definition) is 2. The molecule has 0 aliphatic rings. The third-order valence-corrected chi connectivity index (χ3v) is 5.24. The van der Waals surface area contributed by atoms with E-state index in [-0.39, 0.29) is 11.3 Å². The van der Waals surface area contributed by atoms with Gasteiger partial charge in [0.25, 0.3) is 0 Å². The summed E-state index contributed by atoms with van der Waals surface area (Å²) in [5.41, 5.74) is 4.52. The Bertz CT molecular complexity index is 948. The van der Waals surface area contributed by atoms with E-state index in [1.54, 1.807) is 0 Å². The number of para-hydroxylation sites is 2. The van der Waals surface area contributed by atoms with Crippen molar-refractivity contribution in [1.82, 2.24) is 14.9 Å². The number of imidazole rings is 1. The minimum absolute atomic E-state index is 0.123. The van der Waals surface area contributed by atoms with Crippen molar-refractivity contribution in [3.8, 4) is 0 Å². The minimum Gasteiger partial charge on any atom is -0.356 e. The fourth-order valence-electron chi connectivity index (χ4n) is 3.42. The Labute approximate surface area is 174 Å². The summed E-state index contributed by atoms with van der Waals surface area (Å²) in [6.07, 6.45) is 4.11. The van der Waals surface area contributed by atoms with Crippen LogP contribution in [0.15, 0.2) is 48.5 Å². The number of hydrogen-bond donors (Lipinski definition) is 1. The molecular weight excluding hydrogens is 358 g/mol. The molecule has 1 amide bonds. The van der Waals surface area contributed by atoms with Crippen LogP contribution in [0.5, 0.6) is 0 Å². The van der Waals surface area contributed by atoms with Gasteiger partial charge >= 0.3 is 0 Å². The van der Waals surface area contributed by atoms with Crippen molar-refractivity contribution in [3.63, 3.8) is 0 Å². The molecular formula is C25H33N3O. The van der Waals surface area contributed by atoms with E-state index in [1.807, 2.05) is 26.8 Å². The molecule has 0 saturated carbocycles. The lowest BCUT2D eigenvalue weighted by Gasteiger charge is -2.17. The smallest absolute Gasteiger partial charge is 0.225 e. The van der Waals surface area contributed by atoms with Gasteiger partial charge in [-0.3, -0.25) is 4.79 Å². The number of fused-ring (bicyclic) bond motifs is 1. The van der Waals surface area contributed by atoms with E-state index >= 15 is 0 Å². The number of nitrogens with one attached hydrogen (secondary N) is 1. The van der Waals surface area contributed by atoms with E-state index in [2.05, 4.69) is 59.3 Å². The summed E-state index contributed by atoms with van der Waals surface area (Å²) in [6, 6.07) is 17.1. The maximum atomic E-state index is 11.9. The second kappa shape index (κ2) is 9.25. The Morgan fingerprint density at radius 3 is 2.45 bits per heavy atom. The van der Waals surface area contributed by atoms with Crippen LogP contribution in [0.3, 0.4) is 0 Å². The highest BCUT2D eigenvalue weighted by atomic mass is 16.2. The highest BCUT2D eigenvalue weighted by molar-refractivity contribution is 5.81. The molecule has 154 valence electrons. The number of nitrogens with zero attached hydrogens (tertiary/aromatic N) is 2. The lowest BCUT2D eigenvalue weighted by Crippen LogP contribution is -2.35. The molecule has 2 aromatic carbocycles. The van der Waals surface area contributed by atoms with Crippen LogP contribution in [0.25, 0.3) is 11.0 Å². The highest BCUT2D eigenvalue weighted by Gasteiger charge is 2.20. The van der Waals surface area contributed by atoms with Crippen LogP contribution >= 0.6 is 0 Å². The maximum absolute atomic E-state index is 11.9. The van der Waals surface area contributed by atoms with Crippen LogP contribution in [-0.4, -0.2) is 22.0 Å². The minimum atomic E-state index is -0.319. The van der Waals surface area contributed by atoms with Gasteiger partial charge in [-0.15, -0.1) is 0 Å². The van der Waals surface area contributed by atoms with Crippen molar-refractivity contribution < 1.29 is 4.79 Å². The average molecular weight is 392 g/mol. The van der Waals surface area contributed by atoms with Crippen molar-refractivity contribution in [2.75, 3.05) is 6.54 Å². The first-order chi connectivity index (χ1) is 13.8. The summed E-state index contributed by atoms with van der Waals surface area (Å²) in [5, 5.41) is 3.03. The van der Waals surface area contributed by atoms with Gasteiger partial charge in [0.2, 0.25) is 5.91 Å². The molecule has 1 aromatic heterocycles. The van der Waals surface area contributed by atoms with Gasteiger partial charge in [0.1, 0.15) is 5.82 Å².